The van der Waals surface area contributed by atoms with E-state index in [1.807, 2.05) is 0 Å². The van der Waals surface area contributed by atoms with Crippen LogP contribution in [0.5, 0.6) is 0 Å². The van der Waals surface area contributed by atoms with E-state index in [0.29, 0.717) is 0 Å². The Labute approximate surface area is 169 Å². The van der Waals surface area contributed by atoms with E-state index in [9.17, 15) is 27.2 Å². The van der Waals surface area contributed by atoms with Crippen molar-refractivity contribution in [3.8, 4) is 0 Å². The zero-order chi connectivity index (χ0) is 20.7. The maximum Gasteiger partial charge on any atom is 0.365 e. The van der Waals surface area contributed by atoms with Crippen molar-refractivity contribution in [3.63, 3.8) is 0 Å². The number of hydrogen-bond acceptors (Lipinski definition) is 5. The molecule has 1 aliphatic heterocycles. The third-order valence-corrected chi connectivity index (χ3v) is 7.86. The van der Waals surface area contributed by atoms with Crippen molar-refractivity contribution in [2.75, 3.05) is 14.2 Å². The van der Waals surface area contributed by atoms with Crippen molar-refractivity contribution in [2.24, 2.45) is 23.7 Å². The number of carbonyl (C=O) groups excluding carboxylic acids is 2. The number of allylic oxidation sites excluding steroid dienone is 2. The van der Waals surface area contributed by atoms with Gasteiger partial charge in [0, 0.05) is 0 Å². The predicted molar refractivity (Wildman–Crippen MR) is 84.9 cm³/mol. The number of methoxy groups -OCH3 is 2. The Kier molecular flexibility index (Phi) is 4.73. The Bertz CT molecular complexity index is 702. The SMILES string of the molecule is COC(=O)C1C(C(=O)OC)C2(Cl)C(Cl)=C(Cl)C1(Cl)C1C2C(F)(F)OC1(F)F. The average Bonchev–Trinajstić information content (AvgIpc) is 2.78. The number of halogens is 8. The molecule has 0 aromatic rings. The first kappa shape index (κ1) is 21.2. The maximum atomic E-state index is 14.5. The molecule has 152 valence electrons. The zero-order valence-electron chi connectivity index (χ0n) is 13.4. The quantitative estimate of drug-likeness (QED) is 0.346. The molecule has 1 saturated carbocycles. The number of hydrogen-bond donors (Lipinski definition) is 0. The number of fused-ring (bicyclic) bond motifs is 1. The molecule has 0 amide bonds. The Morgan fingerprint density at radius 1 is 0.852 bits per heavy atom. The molecule has 1 heterocycles. The van der Waals surface area contributed by atoms with Crippen LogP contribution in [0, 0.1) is 23.7 Å². The van der Waals surface area contributed by atoms with Gasteiger partial charge < -0.3 is 9.47 Å². The summed E-state index contributed by atoms with van der Waals surface area (Å²) in [5, 5.41) is -1.53. The van der Waals surface area contributed by atoms with Crippen molar-refractivity contribution in [1.82, 2.24) is 0 Å². The molecule has 0 N–H and O–H groups in total. The van der Waals surface area contributed by atoms with Gasteiger partial charge in [0.15, 0.2) is 0 Å². The van der Waals surface area contributed by atoms with E-state index in [1.54, 1.807) is 0 Å². The Balaban J connectivity index is 2.42. The van der Waals surface area contributed by atoms with E-state index in [-0.39, 0.29) is 0 Å². The van der Waals surface area contributed by atoms with Gasteiger partial charge >= 0.3 is 24.2 Å². The van der Waals surface area contributed by atoms with Crippen molar-refractivity contribution in [1.29, 1.82) is 0 Å². The normalized spacial score (nSPS) is 44.1. The first-order chi connectivity index (χ1) is 12.2. The van der Waals surface area contributed by atoms with Gasteiger partial charge in [-0.3, -0.25) is 14.3 Å². The molecule has 6 atom stereocenters. The zero-order valence-corrected chi connectivity index (χ0v) is 16.4. The van der Waals surface area contributed by atoms with Gasteiger partial charge in [0.2, 0.25) is 0 Å². The van der Waals surface area contributed by atoms with Crippen LogP contribution >= 0.6 is 46.4 Å². The Hall–Kier alpha value is -0.480. The van der Waals surface area contributed by atoms with E-state index in [0.717, 1.165) is 14.2 Å². The molecule has 13 heteroatoms. The summed E-state index contributed by atoms with van der Waals surface area (Å²) in [7, 11) is 1.77. The monoisotopic (exact) mass is 474 g/mol. The van der Waals surface area contributed by atoms with Crippen LogP contribution in [0.2, 0.25) is 0 Å². The highest BCUT2D eigenvalue weighted by Gasteiger charge is 2.88. The summed E-state index contributed by atoms with van der Waals surface area (Å²) in [6, 6.07) is 0. The molecule has 0 aromatic carbocycles. The number of ether oxygens (including phenoxy) is 3. The maximum absolute atomic E-state index is 14.5. The van der Waals surface area contributed by atoms with Gasteiger partial charge in [-0.15, -0.1) is 23.2 Å². The Morgan fingerprint density at radius 2 is 1.15 bits per heavy atom. The first-order valence-electron chi connectivity index (χ1n) is 7.28. The van der Waals surface area contributed by atoms with Gasteiger partial charge in [-0.1, -0.05) is 23.2 Å². The average molecular weight is 476 g/mol. The van der Waals surface area contributed by atoms with Crippen LogP contribution < -0.4 is 0 Å². The molecule has 1 saturated heterocycles. The fourth-order valence-corrected chi connectivity index (χ4v) is 6.30. The Morgan fingerprint density at radius 3 is 1.41 bits per heavy atom. The first-order valence-corrected chi connectivity index (χ1v) is 8.79. The van der Waals surface area contributed by atoms with E-state index in [1.165, 1.54) is 0 Å². The van der Waals surface area contributed by atoms with Crippen LogP contribution in [0.1, 0.15) is 0 Å². The summed E-state index contributed by atoms with van der Waals surface area (Å²) in [6.07, 6.45) is -9.08. The fraction of sp³-hybridized carbons (Fsp3) is 0.714. The van der Waals surface area contributed by atoms with Crippen molar-refractivity contribution < 1.29 is 41.4 Å². The van der Waals surface area contributed by atoms with Crippen LogP contribution in [0.4, 0.5) is 17.6 Å². The number of carbonyl (C=O) groups is 2. The summed E-state index contributed by atoms with van der Waals surface area (Å²) in [5.41, 5.74) is 0. The van der Waals surface area contributed by atoms with Crippen LogP contribution in [0.15, 0.2) is 10.1 Å². The largest absolute Gasteiger partial charge is 0.469 e. The highest BCUT2D eigenvalue weighted by Crippen LogP contribution is 2.76. The van der Waals surface area contributed by atoms with Crippen molar-refractivity contribution in [3.05, 3.63) is 10.1 Å². The molecule has 2 bridgehead atoms. The van der Waals surface area contributed by atoms with E-state index in [2.05, 4.69) is 14.2 Å². The van der Waals surface area contributed by atoms with Crippen LogP contribution in [0.3, 0.4) is 0 Å². The standard InChI is InChI=1S/C14H10Cl4F4O5/c1-25-9(23)3-4(10(24)26-2)12(18)6-5(11(3,17)7(15)8(12)16)13(19,20)27-14(6,21)22/h3-6H,1-2H3. The molecule has 3 aliphatic carbocycles. The molecule has 4 rings (SSSR count). The second-order valence-electron chi connectivity index (χ2n) is 6.35. The van der Waals surface area contributed by atoms with Crippen molar-refractivity contribution >= 4 is 58.3 Å². The van der Waals surface area contributed by atoms with E-state index < -0.39 is 67.6 Å². The highest BCUT2D eigenvalue weighted by atomic mass is 35.5. The lowest BCUT2D eigenvalue weighted by atomic mass is 9.51. The predicted octanol–water partition coefficient (Wildman–Crippen LogP) is 3.68. The van der Waals surface area contributed by atoms with Gasteiger partial charge in [0.1, 0.15) is 9.75 Å². The molecule has 5 nitrogen and oxygen atoms in total. The second-order valence-corrected chi connectivity index (χ2v) is 8.35. The second kappa shape index (κ2) is 6.01. The van der Waals surface area contributed by atoms with Gasteiger partial charge in [-0.25, -0.2) is 0 Å². The van der Waals surface area contributed by atoms with Gasteiger partial charge in [0.25, 0.3) is 0 Å². The highest BCUT2D eigenvalue weighted by molar-refractivity contribution is 6.50. The topological polar surface area (TPSA) is 61.8 Å². The molecule has 0 spiro atoms. The molecular weight excluding hydrogens is 466 g/mol. The van der Waals surface area contributed by atoms with Gasteiger partial charge in [0.05, 0.1) is 48.0 Å². The van der Waals surface area contributed by atoms with E-state index in [4.69, 9.17) is 46.4 Å². The van der Waals surface area contributed by atoms with Gasteiger partial charge in [-0.05, 0) is 0 Å². The van der Waals surface area contributed by atoms with Crippen LogP contribution in [0.25, 0.3) is 0 Å². The minimum Gasteiger partial charge on any atom is -0.469 e. The fourth-order valence-electron chi connectivity index (χ4n) is 4.29. The summed E-state index contributed by atoms with van der Waals surface area (Å²) >= 11 is 24.7. The molecular formula is C14H10Cl4F4O5. The molecule has 2 fully saturated rings. The van der Waals surface area contributed by atoms with Crippen molar-refractivity contribution in [2.45, 2.75) is 22.0 Å². The molecule has 0 aromatic heterocycles. The lowest BCUT2D eigenvalue weighted by Crippen LogP contribution is -2.72. The number of rotatable bonds is 2. The molecule has 6 unspecified atom stereocenters. The summed E-state index contributed by atoms with van der Waals surface area (Å²) in [6.45, 7) is 0. The summed E-state index contributed by atoms with van der Waals surface area (Å²) in [5.74, 6) is -11.7. The lowest BCUT2D eigenvalue weighted by Gasteiger charge is -2.59. The molecule has 0 radical (unpaired) electrons. The lowest BCUT2D eigenvalue weighted by molar-refractivity contribution is -0.342. The van der Waals surface area contributed by atoms with Gasteiger partial charge in [-0.2, -0.15) is 17.6 Å². The molecule has 4 aliphatic rings. The summed E-state index contributed by atoms with van der Waals surface area (Å²) < 4.78 is 70.6. The number of alkyl halides is 6. The minimum absolute atomic E-state index is 0.765. The molecule has 27 heavy (non-hydrogen) atoms. The smallest absolute Gasteiger partial charge is 0.365 e. The number of esters is 2. The van der Waals surface area contributed by atoms with Crippen LogP contribution in [-0.4, -0.2) is 48.1 Å². The minimum atomic E-state index is -4.54. The van der Waals surface area contributed by atoms with Crippen LogP contribution in [-0.2, 0) is 23.8 Å². The van der Waals surface area contributed by atoms with E-state index >= 15 is 0 Å². The third-order valence-electron chi connectivity index (χ3n) is 5.25. The summed E-state index contributed by atoms with van der Waals surface area (Å²) in [4.78, 5) is 19.2. The third kappa shape index (κ3) is 2.35.